The van der Waals surface area contributed by atoms with E-state index in [4.69, 9.17) is 0 Å². The van der Waals surface area contributed by atoms with Crippen LogP contribution in [0.5, 0.6) is 0 Å². The lowest BCUT2D eigenvalue weighted by Crippen LogP contribution is -2.15. The summed E-state index contributed by atoms with van der Waals surface area (Å²) in [5.74, 6) is 0.131. The van der Waals surface area contributed by atoms with Gasteiger partial charge in [0, 0.05) is 37.2 Å². The van der Waals surface area contributed by atoms with Crippen LogP contribution in [0.15, 0.2) is 17.6 Å². The molecular weight excluding hydrogens is 303 g/mol. The minimum absolute atomic E-state index is 0.0748. The fourth-order valence-electron chi connectivity index (χ4n) is 1.62. The van der Waals surface area contributed by atoms with Gasteiger partial charge in [-0.05, 0) is 0 Å². The van der Waals surface area contributed by atoms with Crippen molar-refractivity contribution in [3.63, 3.8) is 0 Å². The van der Waals surface area contributed by atoms with Crippen LogP contribution in [0.4, 0.5) is 24.9 Å². The van der Waals surface area contributed by atoms with Crippen LogP contribution in [-0.4, -0.2) is 28.5 Å². The molecule has 9 heteroatoms. The van der Waals surface area contributed by atoms with Crippen molar-refractivity contribution in [2.45, 2.75) is 19.0 Å². The van der Waals surface area contributed by atoms with Crippen LogP contribution < -0.4 is 10.6 Å². The SMILES string of the molecule is CNc1nc(NCC(C)c2nccs2)cc(C(F)(F)F)n1. The highest BCUT2D eigenvalue weighted by molar-refractivity contribution is 7.09. The lowest BCUT2D eigenvalue weighted by Gasteiger charge is -2.13. The average molecular weight is 317 g/mol. The summed E-state index contributed by atoms with van der Waals surface area (Å²) in [6.45, 7) is 2.38. The number of alkyl halides is 3. The van der Waals surface area contributed by atoms with E-state index in [0.29, 0.717) is 6.54 Å². The van der Waals surface area contributed by atoms with E-state index in [2.05, 4.69) is 25.6 Å². The first-order chi connectivity index (χ1) is 9.90. The molecule has 5 nitrogen and oxygen atoms in total. The quantitative estimate of drug-likeness (QED) is 0.886. The zero-order valence-electron chi connectivity index (χ0n) is 11.4. The Morgan fingerprint density at radius 2 is 2.10 bits per heavy atom. The van der Waals surface area contributed by atoms with E-state index in [1.54, 1.807) is 6.20 Å². The minimum Gasteiger partial charge on any atom is -0.369 e. The van der Waals surface area contributed by atoms with Gasteiger partial charge in [0.05, 0.1) is 5.01 Å². The van der Waals surface area contributed by atoms with Crippen LogP contribution in [0.3, 0.4) is 0 Å². The van der Waals surface area contributed by atoms with Crippen molar-refractivity contribution in [2.24, 2.45) is 0 Å². The zero-order chi connectivity index (χ0) is 15.5. The van der Waals surface area contributed by atoms with Crippen molar-refractivity contribution >= 4 is 23.1 Å². The molecule has 114 valence electrons. The lowest BCUT2D eigenvalue weighted by molar-refractivity contribution is -0.141. The number of nitrogens with one attached hydrogen (secondary N) is 2. The summed E-state index contributed by atoms with van der Waals surface area (Å²) < 4.78 is 38.3. The van der Waals surface area contributed by atoms with Crippen molar-refractivity contribution < 1.29 is 13.2 Å². The van der Waals surface area contributed by atoms with Crippen LogP contribution in [-0.2, 0) is 6.18 Å². The third-order valence-electron chi connectivity index (χ3n) is 2.70. The Hall–Kier alpha value is -1.90. The fraction of sp³-hybridized carbons (Fsp3) is 0.417. The molecule has 0 fully saturated rings. The summed E-state index contributed by atoms with van der Waals surface area (Å²) in [7, 11) is 1.47. The number of nitrogens with zero attached hydrogens (tertiary/aromatic N) is 3. The molecule has 0 bridgehead atoms. The van der Waals surface area contributed by atoms with Crippen molar-refractivity contribution in [2.75, 3.05) is 24.2 Å². The predicted molar refractivity (Wildman–Crippen MR) is 75.6 cm³/mol. The molecule has 2 heterocycles. The average Bonchev–Trinajstić information content (AvgIpc) is 2.97. The molecule has 1 atom stereocenters. The van der Waals surface area contributed by atoms with E-state index in [-0.39, 0.29) is 17.7 Å². The third-order valence-corrected chi connectivity index (χ3v) is 3.71. The molecule has 0 aliphatic rings. The number of hydrogen-bond acceptors (Lipinski definition) is 6. The van der Waals surface area contributed by atoms with Gasteiger partial charge in [-0.1, -0.05) is 6.92 Å². The topological polar surface area (TPSA) is 62.7 Å². The second-order valence-corrected chi connectivity index (χ2v) is 5.29. The first-order valence-corrected chi connectivity index (χ1v) is 7.05. The van der Waals surface area contributed by atoms with E-state index >= 15 is 0 Å². The number of rotatable bonds is 5. The van der Waals surface area contributed by atoms with Crippen molar-refractivity contribution in [3.05, 3.63) is 28.3 Å². The standard InChI is InChI=1S/C12H14F3N5S/c1-7(10-17-3-4-21-10)6-18-9-5-8(12(13,14)15)19-11(16-2)20-9/h3-5,7H,6H2,1-2H3,(H2,16,18,19,20). The Morgan fingerprint density at radius 1 is 1.33 bits per heavy atom. The Kier molecular flexibility index (Phi) is 4.61. The maximum atomic E-state index is 12.8. The second kappa shape index (κ2) is 6.25. The highest BCUT2D eigenvalue weighted by Crippen LogP contribution is 2.29. The third kappa shape index (κ3) is 4.03. The monoisotopic (exact) mass is 317 g/mol. The van der Waals surface area contributed by atoms with E-state index in [1.807, 2.05) is 12.3 Å². The first kappa shape index (κ1) is 15.5. The Labute approximate surface area is 123 Å². The van der Waals surface area contributed by atoms with Crippen LogP contribution >= 0.6 is 11.3 Å². The van der Waals surface area contributed by atoms with Gasteiger partial charge in [-0.15, -0.1) is 11.3 Å². The van der Waals surface area contributed by atoms with Crippen LogP contribution in [0.2, 0.25) is 0 Å². The molecule has 0 amide bonds. The smallest absolute Gasteiger partial charge is 0.369 e. The van der Waals surface area contributed by atoms with Crippen LogP contribution in [0.25, 0.3) is 0 Å². The molecule has 0 aliphatic carbocycles. The number of halogens is 3. The molecule has 2 rings (SSSR count). The molecule has 0 radical (unpaired) electrons. The maximum absolute atomic E-state index is 12.8. The molecule has 0 aliphatic heterocycles. The zero-order valence-corrected chi connectivity index (χ0v) is 12.2. The van der Waals surface area contributed by atoms with E-state index in [0.717, 1.165) is 11.1 Å². The van der Waals surface area contributed by atoms with Crippen molar-refractivity contribution in [1.29, 1.82) is 0 Å². The largest absolute Gasteiger partial charge is 0.433 e. The molecule has 0 saturated heterocycles. The maximum Gasteiger partial charge on any atom is 0.433 e. The highest BCUT2D eigenvalue weighted by Gasteiger charge is 2.33. The van der Waals surface area contributed by atoms with Crippen molar-refractivity contribution in [3.8, 4) is 0 Å². The second-order valence-electron chi connectivity index (χ2n) is 4.36. The molecule has 0 saturated carbocycles. The van der Waals surface area contributed by atoms with Gasteiger partial charge in [-0.25, -0.2) is 9.97 Å². The molecule has 2 N–H and O–H groups in total. The van der Waals surface area contributed by atoms with Gasteiger partial charge in [0.2, 0.25) is 5.95 Å². The normalized spacial score (nSPS) is 13.0. The molecule has 0 spiro atoms. The van der Waals surface area contributed by atoms with Gasteiger partial charge in [0.25, 0.3) is 0 Å². The number of hydrogen-bond donors (Lipinski definition) is 2. The summed E-state index contributed by atoms with van der Waals surface area (Å²) >= 11 is 1.51. The lowest BCUT2D eigenvalue weighted by atomic mass is 10.2. The molecule has 2 aromatic heterocycles. The van der Waals surface area contributed by atoms with Crippen LogP contribution in [0.1, 0.15) is 23.5 Å². The van der Waals surface area contributed by atoms with Gasteiger partial charge in [-0.2, -0.15) is 18.2 Å². The van der Waals surface area contributed by atoms with E-state index in [1.165, 1.54) is 18.4 Å². The summed E-state index contributed by atoms with van der Waals surface area (Å²) in [5.41, 5.74) is -0.980. The van der Waals surface area contributed by atoms with Gasteiger partial charge < -0.3 is 10.6 Å². The van der Waals surface area contributed by atoms with Crippen LogP contribution in [0, 0.1) is 0 Å². The van der Waals surface area contributed by atoms with E-state index < -0.39 is 11.9 Å². The molecule has 2 aromatic rings. The van der Waals surface area contributed by atoms with Gasteiger partial charge in [-0.3, -0.25) is 0 Å². The Balaban J connectivity index is 2.12. The Morgan fingerprint density at radius 3 is 2.67 bits per heavy atom. The Bertz CT molecular complexity index is 585. The molecule has 1 unspecified atom stereocenters. The summed E-state index contributed by atoms with van der Waals surface area (Å²) in [5, 5.41) is 8.19. The number of aromatic nitrogens is 3. The fourth-order valence-corrected chi connectivity index (χ4v) is 2.32. The van der Waals surface area contributed by atoms with E-state index in [9.17, 15) is 13.2 Å². The highest BCUT2D eigenvalue weighted by atomic mass is 32.1. The van der Waals surface area contributed by atoms with Gasteiger partial charge >= 0.3 is 6.18 Å². The molecule has 21 heavy (non-hydrogen) atoms. The number of thiazole rings is 1. The predicted octanol–water partition coefficient (Wildman–Crippen LogP) is 3.21. The summed E-state index contributed by atoms with van der Waals surface area (Å²) in [4.78, 5) is 11.5. The summed E-state index contributed by atoms with van der Waals surface area (Å²) in [6.07, 6.45) is -2.81. The molecular formula is C12H14F3N5S. The minimum atomic E-state index is -4.51. The number of anilines is 2. The first-order valence-electron chi connectivity index (χ1n) is 6.17. The van der Waals surface area contributed by atoms with Gasteiger partial charge in [0.15, 0.2) is 5.69 Å². The van der Waals surface area contributed by atoms with Crippen molar-refractivity contribution in [1.82, 2.24) is 15.0 Å². The summed E-state index contributed by atoms with van der Waals surface area (Å²) in [6, 6.07) is 0.898. The van der Waals surface area contributed by atoms with Gasteiger partial charge in [0.1, 0.15) is 5.82 Å². The molecule has 0 aromatic carbocycles.